The van der Waals surface area contributed by atoms with Crippen LogP contribution in [-0.2, 0) is 6.61 Å². The van der Waals surface area contributed by atoms with Crippen LogP contribution < -0.4 is 21.5 Å². The first kappa shape index (κ1) is 23.3. The molecule has 0 aliphatic carbocycles. The molecule has 0 bridgehead atoms. The molecule has 11 heteroatoms. The first-order valence-corrected chi connectivity index (χ1v) is 11.7. The van der Waals surface area contributed by atoms with Crippen LogP contribution in [0.4, 0.5) is 27.5 Å². The molecular weight excluding hydrogens is 501 g/mol. The minimum absolute atomic E-state index is 0.138. The van der Waals surface area contributed by atoms with Crippen molar-refractivity contribution < 1.29 is 9.13 Å². The van der Waals surface area contributed by atoms with Crippen LogP contribution in [0.2, 0.25) is 5.02 Å². The van der Waals surface area contributed by atoms with E-state index < -0.39 is 0 Å². The maximum atomic E-state index is 13.4. The van der Waals surface area contributed by atoms with E-state index in [1.54, 1.807) is 24.3 Å². The van der Waals surface area contributed by atoms with Gasteiger partial charge < -0.3 is 21.5 Å². The number of benzene rings is 2. The SMILES string of the molecule is Nc1ncc(C#Cc2cc3c(Nc4ccc(OCc5cccc(F)c5)c(Cl)c4)ncnc3s2)nc1N. The Balaban J connectivity index is 1.33. The molecule has 0 amide bonds. The lowest BCUT2D eigenvalue weighted by molar-refractivity contribution is 0.306. The van der Waals surface area contributed by atoms with Gasteiger partial charge in [0.15, 0.2) is 11.6 Å². The van der Waals surface area contributed by atoms with Gasteiger partial charge in [0.25, 0.3) is 0 Å². The van der Waals surface area contributed by atoms with E-state index in [0.29, 0.717) is 33.5 Å². The molecule has 3 aromatic heterocycles. The Morgan fingerprint density at radius 1 is 1.03 bits per heavy atom. The summed E-state index contributed by atoms with van der Waals surface area (Å²) < 4.78 is 19.1. The number of hydrogen-bond acceptors (Lipinski definition) is 9. The molecule has 0 radical (unpaired) electrons. The fraction of sp³-hybridized carbons (Fsp3) is 0.0400. The number of nitrogens with zero attached hydrogens (tertiary/aromatic N) is 4. The predicted molar refractivity (Wildman–Crippen MR) is 140 cm³/mol. The van der Waals surface area contributed by atoms with Gasteiger partial charge >= 0.3 is 0 Å². The van der Waals surface area contributed by atoms with Crippen LogP contribution in [0.25, 0.3) is 10.2 Å². The summed E-state index contributed by atoms with van der Waals surface area (Å²) in [5.74, 6) is 7.06. The Kier molecular flexibility index (Phi) is 6.49. The summed E-state index contributed by atoms with van der Waals surface area (Å²) in [6, 6.07) is 13.4. The molecule has 178 valence electrons. The molecule has 0 unspecified atom stereocenters. The van der Waals surface area contributed by atoms with E-state index in [1.165, 1.54) is 36.0 Å². The average molecular weight is 518 g/mol. The highest BCUT2D eigenvalue weighted by atomic mass is 35.5. The zero-order valence-corrected chi connectivity index (χ0v) is 20.1. The van der Waals surface area contributed by atoms with E-state index in [9.17, 15) is 4.39 Å². The number of rotatable bonds is 5. The number of halogens is 2. The number of aromatic nitrogens is 4. The van der Waals surface area contributed by atoms with Crippen molar-refractivity contribution in [2.45, 2.75) is 6.61 Å². The topological polar surface area (TPSA) is 125 Å². The van der Waals surface area contributed by atoms with Crippen LogP contribution in [0, 0.1) is 17.7 Å². The molecule has 0 saturated heterocycles. The van der Waals surface area contributed by atoms with E-state index >= 15 is 0 Å². The number of hydrogen-bond donors (Lipinski definition) is 3. The fourth-order valence-electron chi connectivity index (χ4n) is 3.24. The Labute approximate surface area is 214 Å². The number of anilines is 4. The molecule has 0 spiro atoms. The summed E-state index contributed by atoms with van der Waals surface area (Å²) in [7, 11) is 0. The zero-order valence-electron chi connectivity index (χ0n) is 18.5. The minimum atomic E-state index is -0.316. The second-order valence-electron chi connectivity index (χ2n) is 7.52. The number of nitrogen functional groups attached to an aromatic ring is 2. The van der Waals surface area contributed by atoms with Crippen molar-refractivity contribution in [1.82, 2.24) is 19.9 Å². The molecule has 8 nitrogen and oxygen atoms in total. The normalized spacial score (nSPS) is 10.6. The smallest absolute Gasteiger partial charge is 0.167 e. The lowest BCUT2D eigenvalue weighted by Crippen LogP contribution is -2.01. The van der Waals surface area contributed by atoms with Gasteiger partial charge in [-0.25, -0.2) is 24.3 Å². The summed E-state index contributed by atoms with van der Waals surface area (Å²) >= 11 is 7.84. The molecule has 3 heterocycles. The minimum Gasteiger partial charge on any atom is -0.487 e. The lowest BCUT2D eigenvalue weighted by atomic mass is 10.2. The number of fused-ring (bicyclic) bond motifs is 1. The van der Waals surface area contributed by atoms with Crippen molar-refractivity contribution >= 4 is 56.3 Å². The van der Waals surface area contributed by atoms with Crippen molar-refractivity contribution in [2.24, 2.45) is 0 Å². The summed E-state index contributed by atoms with van der Waals surface area (Å²) in [4.78, 5) is 18.3. The van der Waals surface area contributed by atoms with Crippen LogP contribution in [-0.4, -0.2) is 19.9 Å². The molecule has 0 atom stereocenters. The quantitative estimate of drug-likeness (QED) is 0.273. The van der Waals surface area contributed by atoms with Gasteiger partial charge in [0.1, 0.15) is 40.8 Å². The van der Waals surface area contributed by atoms with E-state index in [2.05, 4.69) is 37.1 Å². The maximum Gasteiger partial charge on any atom is 0.167 e. The number of nitrogens with two attached hydrogens (primary N) is 2. The molecule has 5 aromatic rings. The summed E-state index contributed by atoms with van der Waals surface area (Å²) in [6.45, 7) is 0.198. The fourth-order valence-corrected chi connectivity index (χ4v) is 4.32. The number of thiophene rings is 1. The number of ether oxygens (including phenoxy) is 1. The molecule has 5 rings (SSSR count). The van der Waals surface area contributed by atoms with Gasteiger partial charge in [0, 0.05) is 5.69 Å². The van der Waals surface area contributed by atoms with Gasteiger partial charge in [0.05, 0.1) is 21.5 Å². The van der Waals surface area contributed by atoms with E-state index in [1.807, 2.05) is 12.1 Å². The van der Waals surface area contributed by atoms with Gasteiger partial charge in [-0.1, -0.05) is 23.7 Å². The average Bonchev–Trinajstić information content (AvgIpc) is 3.29. The van der Waals surface area contributed by atoms with Gasteiger partial charge in [-0.3, -0.25) is 0 Å². The van der Waals surface area contributed by atoms with E-state index in [4.69, 9.17) is 27.8 Å². The second kappa shape index (κ2) is 10.0. The predicted octanol–water partition coefficient (Wildman–Crippen LogP) is 5.16. The van der Waals surface area contributed by atoms with Crippen molar-refractivity contribution in [3.8, 4) is 17.6 Å². The molecule has 0 saturated carbocycles. The Morgan fingerprint density at radius 2 is 1.92 bits per heavy atom. The van der Waals surface area contributed by atoms with Gasteiger partial charge in [-0.05, 0) is 53.8 Å². The van der Waals surface area contributed by atoms with Gasteiger partial charge in [-0.15, -0.1) is 11.3 Å². The van der Waals surface area contributed by atoms with Crippen molar-refractivity contribution in [2.75, 3.05) is 16.8 Å². The molecule has 5 N–H and O–H groups in total. The van der Waals surface area contributed by atoms with Crippen LogP contribution in [0.15, 0.2) is 61.1 Å². The van der Waals surface area contributed by atoms with Crippen LogP contribution >= 0.6 is 22.9 Å². The molecule has 0 aliphatic rings. The van der Waals surface area contributed by atoms with Crippen LogP contribution in [0.3, 0.4) is 0 Å². The van der Waals surface area contributed by atoms with Gasteiger partial charge in [0.2, 0.25) is 0 Å². The van der Waals surface area contributed by atoms with Gasteiger partial charge in [-0.2, -0.15) is 0 Å². The second-order valence-corrected chi connectivity index (χ2v) is 8.95. The van der Waals surface area contributed by atoms with Crippen molar-refractivity contribution in [3.63, 3.8) is 0 Å². The van der Waals surface area contributed by atoms with Crippen molar-refractivity contribution in [1.29, 1.82) is 0 Å². The highest BCUT2D eigenvalue weighted by molar-refractivity contribution is 7.19. The third-order valence-electron chi connectivity index (χ3n) is 4.95. The molecule has 0 aliphatic heterocycles. The number of nitrogens with one attached hydrogen (secondary N) is 1. The highest BCUT2D eigenvalue weighted by Crippen LogP contribution is 2.33. The Morgan fingerprint density at radius 3 is 2.72 bits per heavy atom. The molecule has 2 aromatic carbocycles. The summed E-state index contributed by atoms with van der Waals surface area (Å²) in [6.07, 6.45) is 2.94. The van der Waals surface area contributed by atoms with Crippen LogP contribution in [0.5, 0.6) is 5.75 Å². The highest BCUT2D eigenvalue weighted by Gasteiger charge is 2.10. The summed E-state index contributed by atoms with van der Waals surface area (Å²) in [5.41, 5.74) is 13.1. The van der Waals surface area contributed by atoms with Crippen molar-refractivity contribution in [3.05, 3.63) is 88.0 Å². The third kappa shape index (κ3) is 5.27. The first-order valence-electron chi connectivity index (χ1n) is 10.5. The van der Waals surface area contributed by atoms with Crippen LogP contribution in [0.1, 0.15) is 16.1 Å². The zero-order chi connectivity index (χ0) is 25.1. The Bertz CT molecular complexity index is 1650. The molecule has 0 fully saturated rings. The molecular formula is C25H17ClFN7OS. The largest absolute Gasteiger partial charge is 0.487 e. The lowest BCUT2D eigenvalue weighted by Gasteiger charge is -2.11. The monoisotopic (exact) mass is 517 g/mol. The van der Waals surface area contributed by atoms with E-state index in [0.717, 1.165) is 15.1 Å². The molecule has 36 heavy (non-hydrogen) atoms. The third-order valence-corrected chi connectivity index (χ3v) is 6.20. The standard InChI is InChI=1S/C25H17ClFN7OS/c26-20-9-16(5-7-21(20)35-12-14-2-1-3-15(27)8-14)34-24-19-10-18(36-25(19)32-13-31-24)6-4-17-11-30-22(28)23(29)33-17/h1-3,5,7-11,13H,12H2,(H2,28,30)(H2,29,33)(H,31,32,34). The summed E-state index contributed by atoms with van der Waals surface area (Å²) in [5, 5.41) is 4.47. The maximum absolute atomic E-state index is 13.4. The Hall–Kier alpha value is -4.46. The van der Waals surface area contributed by atoms with E-state index in [-0.39, 0.29) is 24.1 Å². The first-order chi connectivity index (χ1) is 17.4.